The molecular formula is C11H21NO3S. The van der Waals surface area contributed by atoms with E-state index < -0.39 is 10.0 Å². The lowest BCUT2D eigenvalue weighted by Gasteiger charge is -2.29. The molecule has 0 saturated carbocycles. The van der Waals surface area contributed by atoms with E-state index in [1.54, 1.807) is 0 Å². The highest BCUT2D eigenvalue weighted by atomic mass is 32.2. The van der Waals surface area contributed by atoms with Gasteiger partial charge < -0.3 is 0 Å². The van der Waals surface area contributed by atoms with Crippen LogP contribution in [0.1, 0.15) is 33.1 Å². The summed E-state index contributed by atoms with van der Waals surface area (Å²) < 4.78 is 24.0. The van der Waals surface area contributed by atoms with E-state index in [-0.39, 0.29) is 5.92 Å². The number of hydrogen-bond donors (Lipinski definition) is 0. The summed E-state index contributed by atoms with van der Waals surface area (Å²) in [6.07, 6.45) is 3.20. The average molecular weight is 247 g/mol. The summed E-state index contributed by atoms with van der Waals surface area (Å²) in [6, 6.07) is 0. The largest absolute Gasteiger partial charge is 0.299 e. The number of nitrogens with zero attached hydrogens (tertiary/aromatic N) is 1. The van der Waals surface area contributed by atoms with E-state index in [0.717, 1.165) is 0 Å². The number of rotatable bonds is 4. The highest BCUT2D eigenvalue weighted by molar-refractivity contribution is 7.88. The zero-order valence-corrected chi connectivity index (χ0v) is 11.1. The van der Waals surface area contributed by atoms with E-state index in [1.165, 1.54) is 10.6 Å². The topological polar surface area (TPSA) is 54.5 Å². The highest BCUT2D eigenvalue weighted by Gasteiger charge is 2.28. The molecule has 1 heterocycles. The van der Waals surface area contributed by atoms with Gasteiger partial charge in [-0.1, -0.05) is 13.8 Å². The molecule has 94 valence electrons. The van der Waals surface area contributed by atoms with Crippen molar-refractivity contribution < 1.29 is 13.2 Å². The standard InChI is InChI=1S/C11H21NO3S/c1-9(2)8-11(13)10-4-6-12(7-5-10)16(3,14)15/h9-10H,4-8H2,1-3H3. The number of ketones is 1. The molecular weight excluding hydrogens is 226 g/mol. The summed E-state index contributed by atoms with van der Waals surface area (Å²) in [5.74, 6) is 0.754. The molecule has 0 spiro atoms. The van der Waals surface area contributed by atoms with Crippen LogP contribution in [-0.2, 0) is 14.8 Å². The molecule has 1 saturated heterocycles. The van der Waals surface area contributed by atoms with Crippen LogP contribution in [0.2, 0.25) is 0 Å². The van der Waals surface area contributed by atoms with Crippen LogP contribution in [0.15, 0.2) is 0 Å². The van der Waals surface area contributed by atoms with Crippen molar-refractivity contribution in [3.8, 4) is 0 Å². The van der Waals surface area contributed by atoms with Gasteiger partial charge in [-0.2, -0.15) is 0 Å². The molecule has 4 nitrogen and oxygen atoms in total. The van der Waals surface area contributed by atoms with Crippen LogP contribution < -0.4 is 0 Å². The van der Waals surface area contributed by atoms with E-state index in [0.29, 0.717) is 44.1 Å². The van der Waals surface area contributed by atoms with Crippen LogP contribution in [0, 0.1) is 11.8 Å². The van der Waals surface area contributed by atoms with Gasteiger partial charge in [0.25, 0.3) is 0 Å². The molecule has 0 atom stereocenters. The third-order valence-electron chi connectivity index (χ3n) is 2.99. The van der Waals surface area contributed by atoms with Gasteiger partial charge in [0.15, 0.2) is 0 Å². The van der Waals surface area contributed by atoms with Crippen LogP contribution >= 0.6 is 0 Å². The second-order valence-electron chi connectivity index (χ2n) is 5.00. The Hall–Kier alpha value is -0.420. The average Bonchev–Trinajstić information content (AvgIpc) is 2.15. The first kappa shape index (κ1) is 13.6. The fourth-order valence-electron chi connectivity index (χ4n) is 2.08. The van der Waals surface area contributed by atoms with Crippen LogP contribution in [0.25, 0.3) is 0 Å². The second-order valence-corrected chi connectivity index (χ2v) is 6.98. The lowest BCUT2D eigenvalue weighted by Crippen LogP contribution is -2.39. The van der Waals surface area contributed by atoms with Gasteiger partial charge >= 0.3 is 0 Å². The predicted octanol–water partition coefficient (Wildman–Crippen LogP) is 1.27. The molecule has 0 unspecified atom stereocenters. The minimum absolute atomic E-state index is 0.0698. The molecule has 16 heavy (non-hydrogen) atoms. The van der Waals surface area contributed by atoms with E-state index in [4.69, 9.17) is 0 Å². The number of sulfonamides is 1. The molecule has 1 aliphatic rings. The minimum atomic E-state index is -3.08. The molecule has 1 rings (SSSR count). The van der Waals surface area contributed by atoms with Crippen molar-refractivity contribution in [2.45, 2.75) is 33.1 Å². The van der Waals surface area contributed by atoms with E-state index in [2.05, 4.69) is 0 Å². The van der Waals surface area contributed by atoms with Gasteiger partial charge in [0.05, 0.1) is 6.26 Å². The third-order valence-corrected chi connectivity index (χ3v) is 4.29. The Morgan fingerprint density at radius 2 is 1.81 bits per heavy atom. The zero-order valence-electron chi connectivity index (χ0n) is 10.3. The van der Waals surface area contributed by atoms with Gasteiger partial charge in [0.1, 0.15) is 5.78 Å². The number of carbonyl (C=O) groups excluding carboxylic acids is 1. The summed E-state index contributed by atoms with van der Waals surface area (Å²) in [7, 11) is -3.08. The van der Waals surface area contributed by atoms with Crippen molar-refractivity contribution in [1.29, 1.82) is 0 Å². The summed E-state index contributed by atoms with van der Waals surface area (Å²) in [6.45, 7) is 5.05. The van der Waals surface area contributed by atoms with Crippen molar-refractivity contribution in [1.82, 2.24) is 4.31 Å². The van der Waals surface area contributed by atoms with Crippen molar-refractivity contribution in [3.63, 3.8) is 0 Å². The number of carbonyl (C=O) groups is 1. The van der Waals surface area contributed by atoms with E-state index >= 15 is 0 Å². The molecule has 0 amide bonds. The molecule has 0 N–H and O–H groups in total. The third kappa shape index (κ3) is 3.87. The Bertz CT molecular complexity index is 340. The lowest BCUT2D eigenvalue weighted by molar-refractivity contribution is -0.124. The summed E-state index contributed by atoms with van der Waals surface area (Å²) in [5, 5.41) is 0. The Morgan fingerprint density at radius 1 is 1.31 bits per heavy atom. The molecule has 1 fully saturated rings. The van der Waals surface area contributed by atoms with Gasteiger partial charge in [0, 0.05) is 25.4 Å². The van der Waals surface area contributed by atoms with Gasteiger partial charge in [-0.15, -0.1) is 0 Å². The number of piperidine rings is 1. The molecule has 1 aliphatic heterocycles. The number of Topliss-reactive ketones (excluding diaryl/α,β-unsaturated/α-hetero) is 1. The quantitative estimate of drug-likeness (QED) is 0.752. The SMILES string of the molecule is CC(C)CC(=O)C1CCN(S(C)(=O)=O)CC1. The van der Waals surface area contributed by atoms with Crippen LogP contribution in [0.3, 0.4) is 0 Å². The maximum Gasteiger partial charge on any atom is 0.211 e. The summed E-state index contributed by atoms with van der Waals surface area (Å²) in [5.41, 5.74) is 0. The number of hydrogen-bond acceptors (Lipinski definition) is 3. The summed E-state index contributed by atoms with van der Waals surface area (Å²) in [4.78, 5) is 11.8. The Labute approximate surface area is 98.1 Å². The van der Waals surface area contributed by atoms with Crippen LogP contribution in [-0.4, -0.2) is 37.9 Å². The fraction of sp³-hybridized carbons (Fsp3) is 0.909. The minimum Gasteiger partial charge on any atom is -0.299 e. The highest BCUT2D eigenvalue weighted by Crippen LogP contribution is 2.22. The lowest BCUT2D eigenvalue weighted by atomic mass is 9.89. The normalized spacial score (nSPS) is 20.2. The first-order valence-electron chi connectivity index (χ1n) is 5.78. The monoisotopic (exact) mass is 247 g/mol. The van der Waals surface area contributed by atoms with E-state index in [9.17, 15) is 13.2 Å². The fourth-order valence-corrected chi connectivity index (χ4v) is 2.95. The zero-order chi connectivity index (χ0) is 12.3. The molecule has 0 aromatic heterocycles. The summed E-state index contributed by atoms with van der Waals surface area (Å²) >= 11 is 0. The maximum absolute atomic E-state index is 11.8. The van der Waals surface area contributed by atoms with Crippen molar-refractivity contribution >= 4 is 15.8 Å². The van der Waals surface area contributed by atoms with Crippen molar-refractivity contribution in [2.24, 2.45) is 11.8 Å². The molecule has 0 aromatic carbocycles. The predicted molar refractivity (Wildman–Crippen MR) is 63.6 cm³/mol. The molecule has 0 radical (unpaired) electrons. The van der Waals surface area contributed by atoms with Crippen molar-refractivity contribution in [3.05, 3.63) is 0 Å². The first-order valence-corrected chi connectivity index (χ1v) is 7.63. The van der Waals surface area contributed by atoms with E-state index in [1.807, 2.05) is 13.8 Å². The maximum atomic E-state index is 11.8. The Kier molecular flexibility index (Phi) is 4.50. The Balaban J connectivity index is 2.46. The van der Waals surface area contributed by atoms with Gasteiger partial charge in [-0.25, -0.2) is 12.7 Å². The van der Waals surface area contributed by atoms with Gasteiger partial charge in [-0.05, 0) is 18.8 Å². The van der Waals surface area contributed by atoms with Gasteiger partial charge in [-0.3, -0.25) is 4.79 Å². The second kappa shape index (κ2) is 5.27. The molecule has 0 aromatic rings. The molecule has 0 aliphatic carbocycles. The van der Waals surface area contributed by atoms with Crippen LogP contribution in [0.5, 0.6) is 0 Å². The first-order chi connectivity index (χ1) is 7.30. The van der Waals surface area contributed by atoms with Crippen molar-refractivity contribution in [2.75, 3.05) is 19.3 Å². The van der Waals surface area contributed by atoms with Gasteiger partial charge in [0.2, 0.25) is 10.0 Å². The smallest absolute Gasteiger partial charge is 0.211 e. The Morgan fingerprint density at radius 3 is 2.19 bits per heavy atom. The van der Waals surface area contributed by atoms with Crippen LogP contribution in [0.4, 0.5) is 0 Å². The molecule has 0 bridgehead atoms. The molecule has 5 heteroatoms.